The number of hydrogen-bond acceptors (Lipinski definition) is 4. The zero-order valence-corrected chi connectivity index (χ0v) is 15.7. The Morgan fingerprint density at radius 2 is 1.81 bits per heavy atom. The number of anilines is 1. The zero-order valence-electron chi connectivity index (χ0n) is 14.9. The first-order valence-corrected chi connectivity index (χ1v) is 10.2. The summed E-state index contributed by atoms with van der Waals surface area (Å²) in [6, 6.07) is 11.9. The van der Waals surface area contributed by atoms with Crippen LogP contribution in [0.4, 0.5) is 10.1 Å². The van der Waals surface area contributed by atoms with Crippen molar-refractivity contribution >= 4 is 21.6 Å². The number of hydrogen-bond donors (Lipinski definition) is 1. The van der Waals surface area contributed by atoms with Crippen molar-refractivity contribution in [2.75, 3.05) is 24.6 Å². The van der Waals surface area contributed by atoms with Crippen molar-refractivity contribution in [2.24, 2.45) is 5.92 Å². The predicted octanol–water partition coefficient (Wildman–Crippen LogP) is 2.56. The third-order valence-electron chi connectivity index (χ3n) is 4.35. The number of benzene rings is 2. The smallest absolute Gasteiger partial charge is 0.240 e. The van der Waals surface area contributed by atoms with Crippen LogP contribution in [0.25, 0.3) is 0 Å². The molecule has 6 nitrogen and oxygen atoms in total. The molecule has 1 aliphatic heterocycles. The van der Waals surface area contributed by atoms with Crippen molar-refractivity contribution in [1.29, 1.82) is 0 Å². The maximum absolute atomic E-state index is 13.0. The minimum Gasteiger partial charge on any atom is -0.494 e. The van der Waals surface area contributed by atoms with E-state index in [9.17, 15) is 17.6 Å². The molecule has 1 fully saturated rings. The number of nitrogens with zero attached hydrogens (tertiary/aromatic N) is 1. The first-order valence-electron chi connectivity index (χ1n) is 8.67. The van der Waals surface area contributed by atoms with E-state index < -0.39 is 15.8 Å². The molecule has 0 unspecified atom stereocenters. The largest absolute Gasteiger partial charge is 0.494 e. The average Bonchev–Trinajstić information content (AvgIpc) is 3.02. The Morgan fingerprint density at radius 3 is 2.44 bits per heavy atom. The van der Waals surface area contributed by atoms with Gasteiger partial charge in [-0.3, -0.25) is 4.79 Å². The van der Waals surface area contributed by atoms with Crippen LogP contribution in [0.15, 0.2) is 53.4 Å². The summed E-state index contributed by atoms with van der Waals surface area (Å²) in [5.74, 6) is 0.0438. The summed E-state index contributed by atoms with van der Waals surface area (Å²) in [4.78, 5) is 13.9. The lowest BCUT2D eigenvalue weighted by molar-refractivity contribution is -0.117. The van der Waals surface area contributed by atoms with Gasteiger partial charge in [0.15, 0.2) is 0 Å². The van der Waals surface area contributed by atoms with Crippen molar-refractivity contribution in [1.82, 2.24) is 4.72 Å². The van der Waals surface area contributed by atoms with Crippen LogP contribution in [-0.2, 0) is 14.8 Å². The van der Waals surface area contributed by atoms with Gasteiger partial charge in [-0.1, -0.05) is 0 Å². The second-order valence-electron chi connectivity index (χ2n) is 6.31. The standard InChI is InChI=1S/C19H21FN2O4S/c1-2-26-17-7-5-16(6-8-17)22-13-14(11-19(22)23)12-21-27(24,25)18-9-3-15(20)4-10-18/h3-10,14,21H,2,11-13H2,1H3/t14-/m0/s1. The van der Waals surface area contributed by atoms with Gasteiger partial charge >= 0.3 is 0 Å². The van der Waals surface area contributed by atoms with Crippen LogP contribution < -0.4 is 14.4 Å². The Morgan fingerprint density at radius 1 is 1.15 bits per heavy atom. The quantitative estimate of drug-likeness (QED) is 0.786. The predicted molar refractivity (Wildman–Crippen MR) is 99.7 cm³/mol. The molecule has 1 atom stereocenters. The summed E-state index contributed by atoms with van der Waals surface area (Å²) in [5.41, 5.74) is 0.757. The fourth-order valence-electron chi connectivity index (χ4n) is 2.98. The van der Waals surface area contributed by atoms with Gasteiger partial charge in [-0.25, -0.2) is 17.5 Å². The minimum absolute atomic E-state index is 0.00316. The van der Waals surface area contributed by atoms with E-state index >= 15 is 0 Å². The van der Waals surface area contributed by atoms with Crippen LogP contribution >= 0.6 is 0 Å². The Labute approximate surface area is 158 Å². The van der Waals surface area contributed by atoms with Gasteiger partial charge in [0, 0.05) is 25.2 Å². The molecule has 0 radical (unpaired) electrons. The van der Waals surface area contributed by atoms with Gasteiger partial charge < -0.3 is 9.64 Å². The fourth-order valence-corrected chi connectivity index (χ4v) is 4.10. The lowest BCUT2D eigenvalue weighted by atomic mass is 10.1. The van der Waals surface area contributed by atoms with E-state index in [0.717, 1.165) is 23.6 Å². The third-order valence-corrected chi connectivity index (χ3v) is 5.79. The van der Waals surface area contributed by atoms with Gasteiger partial charge in [0.2, 0.25) is 15.9 Å². The summed E-state index contributed by atoms with van der Waals surface area (Å²) >= 11 is 0. The molecule has 0 aromatic heterocycles. The van der Waals surface area contributed by atoms with Crippen LogP contribution in [0.1, 0.15) is 13.3 Å². The van der Waals surface area contributed by atoms with Crippen molar-refractivity contribution in [3.8, 4) is 5.75 Å². The van der Waals surface area contributed by atoms with Crippen LogP contribution in [0.5, 0.6) is 5.75 Å². The molecule has 1 heterocycles. The van der Waals surface area contributed by atoms with Crippen LogP contribution in [0.3, 0.4) is 0 Å². The molecule has 2 aromatic rings. The molecule has 1 N–H and O–H groups in total. The summed E-state index contributed by atoms with van der Waals surface area (Å²) < 4.78 is 45.4. The molecular formula is C19H21FN2O4S. The number of carbonyl (C=O) groups excluding carboxylic acids is 1. The van der Waals surface area contributed by atoms with E-state index in [4.69, 9.17) is 4.74 Å². The highest BCUT2D eigenvalue weighted by Gasteiger charge is 2.31. The van der Waals surface area contributed by atoms with Gasteiger partial charge in [-0.15, -0.1) is 0 Å². The van der Waals surface area contributed by atoms with E-state index in [0.29, 0.717) is 13.2 Å². The number of amides is 1. The molecule has 0 aliphatic carbocycles. The van der Waals surface area contributed by atoms with Crippen LogP contribution in [0.2, 0.25) is 0 Å². The van der Waals surface area contributed by atoms with Crippen molar-refractivity contribution in [2.45, 2.75) is 18.2 Å². The SMILES string of the molecule is CCOc1ccc(N2C[C@H](CNS(=O)(=O)c3ccc(F)cc3)CC2=O)cc1. The number of carbonyl (C=O) groups is 1. The van der Waals surface area contributed by atoms with Gasteiger partial charge in [-0.05, 0) is 61.4 Å². The lowest BCUT2D eigenvalue weighted by Gasteiger charge is -2.17. The van der Waals surface area contributed by atoms with E-state index in [1.165, 1.54) is 12.1 Å². The molecule has 0 saturated carbocycles. The Balaban J connectivity index is 1.61. The Kier molecular flexibility index (Phi) is 5.76. The highest BCUT2D eigenvalue weighted by molar-refractivity contribution is 7.89. The summed E-state index contributed by atoms with van der Waals surface area (Å²) in [6.07, 6.45) is 0.263. The molecule has 1 amide bonds. The molecule has 8 heteroatoms. The normalized spacial score (nSPS) is 17.3. The highest BCUT2D eigenvalue weighted by atomic mass is 32.2. The number of nitrogens with one attached hydrogen (secondary N) is 1. The lowest BCUT2D eigenvalue weighted by Crippen LogP contribution is -2.31. The van der Waals surface area contributed by atoms with E-state index in [1.807, 2.05) is 19.1 Å². The topological polar surface area (TPSA) is 75.7 Å². The molecule has 0 spiro atoms. The van der Waals surface area contributed by atoms with Crippen molar-refractivity contribution in [3.63, 3.8) is 0 Å². The number of halogens is 1. The first kappa shape index (κ1) is 19.3. The fraction of sp³-hybridized carbons (Fsp3) is 0.316. The molecule has 1 saturated heterocycles. The summed E-state index contributed by atoms with van der Waals surface area (Å²) in [5, 5.41) is 0. The van der Waals surface area contributed by atoms with Gasteiger partial charge in [0.1, 0.15) is 11.6 Å². The number of sulfonamides is 1. The van der Waals surface area contributed by atoms with Crippen molar-refractivity contribution in [3.05, 3.63) is 54.3 Å². The first-order chi connectivity index (χ1) is 12.9. The van der Waals surface area contributed by atoms with E-state index in [1.54, 1.807) is 17.0 Å². The van der Waals surface area contributed by atoms with Gasteiger partial charge in [0.05, 0.1) is 11.5 Å². The second kappa shape index (κ2) is 8.06. The second-order valence-corrected chi connectivity index (χ2v) is 8.07. The molecule has 2 aromatic carbocycles. The Bertz CT molecular complexity index is 898. The van der Waals surface area contributed by atoms with E-state index in [-0.39, 0.29) is 29.7 Å². The molecule has 27 heavy (non-hydrogen) atoms. The van der Waals surface area contributed by atoms with Gasteiger partial charge in [0.25, 0.3) is 0 Å². The third kappa shape index (κ3) is 4.64. The molecule has 3 rings (SSSR count). The van der Waals surface area contributed by atoms with Crippen LogP contribution in [0, 0.1) is 11.7 Å². The van der Waals surface area contributed by atoms with Gasteiger partial charge in [-0.2, -0.15) is 0 Å². The van der Waals surface area contributed by atoms with E-state index in [2.05, 4.69) is 4.72 Å². The highest BCUT2D eigenvalue weighted by Crippen LogP contribution is 2.27. The Hall–Kier alpha value is -2.45. The summed E-state index contributed by atoms with van der Waals surface area (Å²) in [6.45, 7) is 3.03. The molecule has 1 aliphatic rings. The molecule has 0 bridgehead atoms. The maximum Gasteiger partial charge on any atom is 0.240 e. The minimum atomic E-state index is -3.74. The number of rotatable bonds is 7. The molecular weight excluding hydrogens is 371 g/mol. The van der Waals surface area contributed by atoms with Crippen LogP contribution in [-0.4, -0.2) is 34.0 Å². The van der Waals surface area contributed by atoms with Crippen molar-refractivity contribution < 1.29 is 22.3 Å². The zero-order chi connectivity index (χ0) is 19.4. The number of ether oxygens (including phenoxy) is 1. The summed E-state index contributed by atoms with van der Waals surface area (Å²) in [7, 11) is -3.74. The molecule has 144 valence electrons. The monoisotopic (exact) mass is 392 g/mol. The average molecular weight is 392 g/mol. The maximum atomic E-state index is 13.0.